The summed E-state index contributed by atoms with van der Waals surface area (Å²) in [6.45, 7) is 37.0. The summed E-state index contributed by atoms with van der Waals surface area (Å²) in [5.74, 6) is 30.6. The first-order valence-electron chi connectivity index (χ1n) is 43.1. The maximum absolute atomic E-state index is 6.58. The molecule has 0 N–H and O–H groups in total. The van der Waals surface area contributed by atoms with E-state index in [1.165, 1.54) is 0 Å². The Labute approximate surface area is 825 Å². The van der Waals surface area contributed by atoms with Gasteiger partial charge in [-0.15, -0.1) is 45.3 Å². The van der Waals surface area contributed by atoms with Crippen molar-refractivity contribution in [3.63, 3.8) is 0 Å². The summed E-state index contributed by atoms with van der Waals surface area (Å²) < 4.78 is 29.5. The van der Waals surface area contributed by atoms with Crippen molar-refractivity contribution < 1.29 is 18.1 Å². The molecule has 0 aliphatic rings. The summed E-state index contributed by atoms with van der Waals surface area (Å²) in [4.78, 5) is 26.3. The average molecular weight is 2000 g/mol. The van der Waals surface area contributed by atoms with Gasteiger partial charge < -0.3 is 18.1 Å². The Bertz CT molecular complexity index is 7080. The van der Waals surface area contributed by atoms with Crippen LogP contribution in [0.15, 0.2) is 139 Å². The number of hydrogen-bond donors (Lipinski definition) is 0. The smallest absolute Gasteiger partial charge is 0.278 e. The molecule has 132 heavy (non-hydrogen) atoms. The van der Waals surface area contributed by atoms with Crippen LogP contribution < -0.4 is 0 Å². The highest BCUT2D eigenvalue weighted by Crippen LogP contribution is 2.45. The quantitative estimate of drug-likeness (QED) is 0.0481. The van der Waals surface area contributed by atoms with E-state index in [1.807, 2.05) is 150 Å². The van der Waals surface area contributed by atoms with E-state index in [2.05, 4.69) is 154 Å². The number of hydrogen-bond acceptors (Lipinski definition) is 20. The van der Waals surface area contributed by atoms with Crippen molar-refractivity contribution in [1.29, 1.82) is 0 Å². The molecule has 32 heteroatoms. The monoisotopic (exact) mass is 1990 g/mol. The molecule has 12 heterocycles. The van der Waals surface area contributed by atoms with Crippen LogP contribution in [0.3, 0.4) is 0 Å². The molecule has 0 unspecified atom stereocenters. The van der Waals surface area contributed by atoms with E-state index in [-0.39, 0.29) is 22.7 Å². The first-order valence-corrected chi connectivity index (χ1v) is 49.4. The van der Waals surface area contributed by atoms with E-state index in [1.54, 1.807) is 93.9 Å². The number of aromatic nitrogens is 16. The average Bonchev–Trinajstić information content (AvgIpc) is 1.62. The zero-order valence-electron chi connectivity index (χ0n) is 76.2. The van der Waals surface area contributed by atoms with Crippen molar-refractivity contribution in [3.05, 3.63) is 227 Å². The molecule has 0 bridgehead atoms. The van der Waals surface area contributed by atoms with Gasteiger partial charge in [0.2, 0.25) is 0 Å². The van der Waals surface area contributed by atoms with Crippen LogP contribution in [-0.2, 0) is 11.8 Å². The molecular formula is C100H96Cl8N16O4S4. The third-order valence-electron chi connectivity index (χ3n) is 20.2. The van der Waals surface area contributed by atoms with Crippen LogP contribution in [0.2, 0.25) is 40.2 Å². The molecule has 0 fully saturated rings. The van der Waals surface area contributed by atoms with Gasteiger partial charge in [-0.3, -0.25) is 0 Å². The summed E-state index contributed by atoms with van der Waals surface area (Å²) in [5, 5.41) is 40.1. The molecular weight excluding hydrogens is 1900 g/mol. The second-order valence-corrected chi connectivity index (χ2v) is 41.2. The van der Waals surface area contributed by atoms with E-state index < -0.39 is 0 Å². The number of rotatable bonds is 21. The Balaban J connectivity index is 0.000000150. The summed E-state index contributed by atoms with van der Waals surface area (Å²) in [7, 11) is 0. The molecule has 0 amide bonds. The van der Waals surface area contributed by atoms with Crippen molar-refractivity contribution in [3.8, 4) is 159 Å². The SMILES string of the molecule is CCCCC#Cc1ccc(-c2c(C)c(-c3nc(C(C)(C)C)no3)nn2-c2ccc(Cl)cc2Cl)s1.CCCCC#Cc1ccc(-c2c(C)c(-c3nc(C(C)C)no3)nn2-c2ccc(Cl)cc2Cl)s1.CCCCC#Cc1ccc(-c2c(C)c(-c3nc(CC)no3)nn2-c2ccc(Cl)cc2Cl)s1.Cc1c(-c2nc(C(C)C)no2)nn(-c2ccc(Cl)cc2Cl)c1-c1ccc(C#CC(C)(C)C)s1. The second kappa shape index (κ2) is 44.2. The number of thiophene rings is 4. The van der Waals surface area contributed by atoms with Crippen molar-refractivity contribution in [2.24, 2.45) is 5.41 Å². The fraction of sp³-hybridized carbons (Fsp3) is 0.320. The minimum absolute atomic E-state index is 0.0715. The van der Waals surface area contributed by atoms with Gasteiger partial charge in [-0.1, -0.05) is 256 Å². The molecule has 4 aromatic carbocycles. The number of unbranched alkanes of at least 4 members (excludes halogenated alkanes) is 6. The Kier molecular flexibility index (Phi) is 33.2. The third kappa shape index (κ3) is 23.9. The Morgan fingerprint density at radius 2 is 0.644 bits per heavy atom. The second-order valence-electron chi connectivity index (χ2n) is 33.5. The van der Waals surface area contributed by atoms with Crippen LogP contribution in [-0.4, -0.2) is 79.7 Å². The number of benzene rings is 4. The van der Waals surface area contributed by atoms with Gasteiger partial charge in [0, 0.05) is 90.7 Å². The van der Waals surface area contributed by atoms with Crippen LogP contribution in [0.5, 0.6) is 0 Å². The summed E-state index contributed by atoms with van der Waals surface area (Å²) in [6.07, 6.45) is 10.1. The number of aryl methyl sites for hydroxylation is 1. The molecule has 16 rings (SSSR count). The van der Waals surface area contributed by atoms with E-state index in [9.17, 15) is 0 Å². The van der Waals surface area contributed by atoms with Crippen molar-refractivity contribution in [2.45, 2.75) is 206 Å². The Hall–Kier alpha value is -10.4. The maximum atomic E-state index is 6.58. The van der Waals surface area contributed by atoms with Gasteiger partial charge in [-0.05, 0) is 189 Å². The fourth-order valence-corrected chi connectivity index (χ4v) is 18.9. The van der Waals surface area contributed by atoms with Crippen LogP contribution in [0.1, 0.15) is 232 Å². The first kappa shape index (κ1) is 99.1. The van der Waals surface area contributed by atoms with E-state index >= 15 is 0 Å². The van der Waals surface area contributed by atoms with Crippen molar-refractivity contribution in [1.82, 2.24) is 79.7 Å². The van der Waals surface area contributed by atoms with Gasteiger partial charge in [-0.2, -0.15) is 40.3 Å². The number of nitrogens with zero attached hydrogens (tertiary/aromatic N) is 16. The lowest BCUT2D eigenvalue weighted by Crippen LogP contribution is -2.13. The molecule has 0 aliphatic carbocycles. The summed E-state index contributed by atoms with van der Waals surface area (Å²) in [5.41, 5.74) is 12.3. The minimum atomic E-state index is -0.236. The highest BCUT2D eigenvalue weighted by Gasteiger charge is 2.32. The van der Waals surface area contributed by atoms with Crippen LogP contribution in [0, 0.1) is 80.5 Å². The lowest BCUT2D eigenvalue weighted by Gasteiger charge is -2.10. The Morgan fingerprint density at radius 1 is 0.356 bits per heavy atom. The van der Waals surface area contributed by atoms with Gasteiger partial charge in [0.25, 0.3) is 23.6 Å². The zero-order chi connectivity index (χ0) is 94.6. The standard InChI is InChI=1S/C26H26Cl2N4OS.2C25H24Cl2N4OS.C24H22Cl2N4OS/c1-6-7-8-9-10-18-12-14-21(34-18)23-16(2)22(24-29-25(31-33-24)26(3,4)5)30-32(23)20-13-11-17(27)15-19(20)28;1-14(2)23-28-24(32-30-23)21-15(3)22(20-10-8-17(33-20)11-12-25(4,5)6)31(29-21)19-9-7-16(26)13-18(19)27;1-5-6-7-8-9-18-11-13-21(33-18)23-16(4)22(25-28-24(15(2)3)30-32-25)29-31(23)20-12-10-17(26)14-19(20)27;1-4-6-7-8-9-17-11-13-20(32-17)23-15(3)22(24-27-21(5-2)29-31-24)28-30(23)19-12-10-16(25)14-18(19)26/h11-15H,6-8H2,1-5H3;7-10,13-14H,1-6H3;10-15H,5-7H2,1-4H3;10-14H,4-7H2,1-3H3. The van der Waals surface area contributed by atoms with Crippen LogP contribution in [0.4, 0.5) is 0 Å². The number of halogens is 8. The van der Waals surface area contributed by atoms with Gasteiger partial charge in [0.1, 0.15) is 0 Å². The van der Waals surface area contributed by atoms with Gasteiger partial charge in [-0.25, -0.2) is 18.7 Å². The molecule has 16 aromatic rings. The largest absolute Gasteiger partial charge is 0.332 e. The predicted octanol–water partition coefficient (Wildman–Crippen LogP) is 31.2. The molecule has 0 saturated carbocycles. The molecule has 20 nitrogen and oxygen atoms in total. The van der Waals surface area contributed by atoms with Crippen molar-refractivity contribution in [2.75, 3.05) is 0 Å². The van der Waals surface area contributed by atoms with Gasteiger partial charge in [0.15, 0.2) is 46.1 Å². The van der Waals surface area contributed by atoms with Gasteiger partial charge >= 0.3 is 0 Å². The fourth-order valence-electron chi connectivity index (χ4n) is 13.1. The normalized spacial score (nSPS) is 11.3. The van der Waals surface area contributed by atoms with E-state index in [4.69, 9.17) is 131 Å². The Morgan fingerprint density at radius 3 is 0.902 bits per heavy atom. The molecule has 0 spiro atoms. The van der Waals surface area contributed by atoms with E-state index in [0.717, 1.165) is 159 Å². The van der Waals surface area contributed by atoms with Crippen LogP contribution in [0.25, 0.3) is 111 Å². The maximum Gasteiger partial charge on any atom is 0.278 e. The highest BCUT2D eigenvalue weighted by atomic mass is 35.5. The molecule has 680 valence electrons. The molecule has 0 aliphatic heterocycles. The minimum Gasteiger partial charge on any atom is -0.332 e. The first-order chi connectivity index (χ1) is 63.1. The summed E-state index contributed by atoms with van der Waals surface area (Å²) in [6, 6.07) is 37.9. The molecule has 0 saturated heterocycles. The van der Waals surface area contributed by atoms with Gasteiger partial charge in [0.05, 0.1) is 105 Å². The zero-order valence-corrected chi connectivity index (χ0v) is 85.5. The lowest BCUT2D eigenvalue weighted by atomic mass is 9.96. The molecule has 12 aromatic heterocycles. The van der Waals surface area contributed by atoms with Crippen LogP contribution >= 0.6 is 138 Å². The summed E-state index contributed by atoms with van der Waals surface area (Å²) >= 11 is 57.3. The lowest BCUT2D eigenvalue weighted by molar-refractivity contribution is 0.401. The third-order valence-corrected chi connectivity index (χ3v) is 26.3. The topological polar surface area (TPSA) is 227 Å². The van der Waals surface area contributed by atoms with E-state index in [0.29, 0.717) is 122 Å². The van der Waals surface area contributed by atoms with Crippen molar-refractivity contribution >= 4 is 138 Å². The highest BCUT2D eigenvalue weighted by molar-refractivity contribution is 7.17. The molecule has 0 radical (unpaired) electrons. The predicted molar refractivity (Wildman–Crippen MR) is 542 cm³/mol. The molecule has 0 atom stereocenters.